The van der Waals surface area contributed by atoms with Gasteiger partial charge >= 0.3 is 0 Å². The predicted molar refractivity (Wildman–Crippen MR) is 120 cm³/mol. The van der Waals surface area contributed by atoms with E-state index < -0.39 is 5.60 Å². The summed E-state index contributed by atoms with van der Waals surface area (Å²) < 4.78 is 5.27. The lowest BCUT2D eigenvalue weighted by molar-refractivity contribution is -0.00649. The van der Waals surface area contributed by atoms with Gasteiger partial charge in [0.2, 0.25) is 0 Å². The molecule has 3 aromatic carbocycles. The van der Waals surface area contributed by atoms with E-state index in [1.807, 2.05) is 32.3 Å². The normalized spacial score (nSPS) is 20.8. The fourth-order valence-electron chi connectivity index (χ4n) is 4.69. The zero-order valence-corrected chi connectivity index (χ0v) is 17.8. The molecule has 4 rings (SSSR count). The Hall–Kier alpha value is -2.82. The van der Waals surface area contributed by atoms with Crippen LogP contribution < -0.4 is 4.74 Å². The SMILES string of the molecule is COc1ccc(-c2ccc3c(c2)CC[C@H](CN(C)C)[C@@]3(O)c2cccc(O)c2)cc1. The zero-order valence-electron chi connectivity index (χ0n) is 17.8. The summed E-state index contributed by atoms with van der Waals surface area (Å²) in [5, 5.41) is 22.2. The molecule has 0 aliphatic heterocycles. The number of aromatic hydroxyl groups is 1. The van der Waals surface area contributed by atoms with Gasteiger partial charge in [-0.1, -0.05) is 42.5 Å². The van der Waals surface area contributed by atoms with Crippen LogP contribution in [-0.2, 0) is 12.0 Å². The lowest BCUT2D eigenvalue weighted by Gasteiger charge is -2.43. The molecule has 0 bridgehead atoms. The second kappa shape index (κ2) is 8.13. The Labute approximate surface area is 178 Å². The molecule has 0 saturated carbocycles. The third kappa shape index (κ3) is 3.69. The Bertz CT molecular complexity index is 1030. The van der Waals surface area contributed by atoms with Crippen molar-refractivity contribution < 1.29 is 14.9 Å². The van der Waals surface area contributed by atoms with Gasteiger partial charge < -0.3 is 19.8 Å². The van der Waals surface area contributed by atoms with E-state index in [4.69, 9.17) is 4.74 Å². The van der Waals surface area contributed by atoms with Gasteiger partial charge in [-0.25, -0.2) is 0 Å². The molecule has 0 radical (unpaired) electrons. The van der Waals surface area contributed by atoms with Crippen LogP contribution in [0, 0.1) is 5.92 Å². The van der Waals surface area contributed by atoms with Crippen LogP contribution in [0.25, 0.3) is 11.1 Å². The van der Waals surface area contributed by atoms with E-state index in [2.05, 4.69) is 35.2 Å². The molecule has 0 aromatic heterocycles. The number of phenolic OH excluding ortho intramolecular Hbond substituents is 1. The molecule has 0 heterocycles. The first-order chi connectivity index (χ1) is 14.4. The van der Waals surface area contributed by atoms with Crippen LogP contribution in [0.4, 0.5) is 0 Å². The van der Waals surface area contributed by atoms with Crippen molar-refractivity contribution >= 4 is 0 Å². The zero-order chi connectivity index (χ0) is 21.3. The molecule has 4 heteroatoms. The quantitative estimate of drug-likeness (QED) is 0.662. The summed E-state index contributed by atoms with van der Waals surface area (Å²) in [5.41, 5.74) is 3.94. The fraction of sp³-hybridized carbons (Fsp3) is 0.308. The van der Waals surface area contributed by atoms with Crippen LogP contribution in [0.15, 0.2) is 66.7 Å². The number of phenols is 1. The minimum absolute atomic E-state index is 0.0358. The van der Waals surface area contributed by atoms with Gasteiger partial charge in [0.05, 0.1) is 7.11 Å². The highest BCUT2D eigenvalue weighted by molar-refractivity contribution is 5.66. The molecular weight excluding hydrogens is 374 g/mol. The highest BCUT2D eigenvalue weighted by atomic mass is 16.5. The molecule has 0 amide bonds. The van der Waals surface area contributed by atoms with Crippen LogP contribution in [0.3, 0.4) is 0 Å². The van der Waals surface area contributed by atoms with Crippen LogP contribution in [0.2, 0.25) is 0 Å². The number of methoxy groups -OCH3 is 1. The van der Waals surface area contributed by atoms with Gasteiger partial charge in [0, 0.05) is 12.5 Å². The van der Waals surface area contributed by atoms with E-state index in [0.29, 0.717) is 0 Å². The van der Waals surface area contributed by atoms with Crippen LogP contribution in [0.5, 0.6) is 11.5 Å². The van der Waals surface area contributed by atoms with Gasteiger partial charge in [0.1, 0.15) is 17.1 Å². The topological polar surface area (TPSA) is 52.9 Å². The van der Waals surface area contributed by atoms with Crippen molar-refractivity contribution in [3.63, 3.8) is 0 Å². The first-order valence-electron chi connectivity index (χ1n) is 10.4. The molecule has 0 saturated heterocycles. The Morgan fingerprint density at radius 2 is 1.73 bits per heavy atom. The van der Waals surface area contributed by atoms with Crippen molar-refractivity contribution in [2.75, 3.05) is 27.7 Å². The number of benzene rings is 3. The van der Waals surface area contributed by atoms with E-state index in [0.717, 1.165) is 53.0 Å². The minimum Gasteiger partial charge on any atom is -0.508 e. The van der Waals surface area contributed by atoms with Gasteiger partial charge in [-0.2, -0.15) is 0 Å². The van der Waals surface area contributed by atoms with Crippen molar-refractivity contribution in [1.82, 2.24) is 4.90 Å². The van der Waals surface area contributed by atoms with Crippen LogP contribution in [0.1, 0.15) is 23.1 Å². The van der Waals surface area contributed by atoms with Crippen molar-refractivity contribution in [3.8, 4) is 22.6 Å². The first-order valence-corrected chi connectivity index (χ1v) is 10.4. The van der Waals surface area contributed by atoms with Crippen LogP contribution >= 0.6 is 0 Å². The highest BCUT2D eigenvalue weighted by Crippen LogP contribution is 2.46. The maximum Gasteiger partial charge on any atom is 0.119 e. The number of hydrogen-bond acceptors (Lipinski definition) is 4. The van der Waals surface area contributed by atoms with Gasteiger partial charge in [-0.15, -0.1) is 0 Å². The smallest absolute Gasteiger partial charge is 0.119 e. The van der Waals surface area contributed by atoms with E-state index in [1.54, 1.807) is 25.3 Å². The Morgan fingerprint density at radius 3 is 2.40 bits per heavy atom. The molecule has 4 nitrogen and oxygen atoms in total. The van der Waals surface area contributed by atoms with Crippen molar-refractivity contribution in [1.29, 1.82) is 0 Å². The molecule has 1 aliphatic carbocycles. The third-order valence-electron chi connectivity index (χ3n) is 6.16. The van der Waals surface area contributed by atoms with Crippen LogP contribution in [-0.4, -0.2) is 42.9 Å². The van der Waals surface area contributed by atoms with E-state index in [-0.39, 0.29) is 11.7 Å². The number of hydrogen-bond donors (Lipinski definition) is 2. The van der Waals surface area contributed by atoms with Gasteiger partial charge in [-0.05, 0) is 79.0 Å². The van der Waals surface area contributed by atoms with Crippen molar-refractivity contribution in [2.45, 2.75) is 18.4 Å². The molecule has 2 N–H and O–H groups in total. The Balaban J connectivity index is 1.80. The summed E-state index contributed by atoms with van der Waals surface area (Å²) in [6, 6.07) is 21.4. The predicted octanol–water partition coefficient (Wildman–Crippen LogP) is 4.43. The molecule has 3 aromatic rings. The summed E-state index contributed by atoms with van der Waals surface area (Å²) in [4.78, 5) is 2.12. The molecular formula is C26H29NO3. The number of fused-ring (bicyclic) bond motifs is 1. The summed E-state index contributed by atoms with van der Waals surface area (Å²) in [5.74, 6) is 1.04. The number of aryl methyl sites for hydroxylation is 1. The molecule has 0 fully saturated rings. The molecule has 0 spiro atoms. The second-order valence-electron chi connectivity index (χ2n) is 8.41. The first kappa shape index (κ1) is 20.5. The molecule has 0 unspecified atom stereocenters. The average molecular weight is 404 g/mol. The Morgan fingerprint density at radius 1 is 1.00 bits per heavy atom. The van der Waals surface area contributed by atoms with E-state index >= 15 is 0 Å². The van der Waals surface area contributed by atoms with Crippen molar-refractivity contribution in [2.24, 2.45) is 5.92 Å². The van der Waals surface area contributed by atoms with E-state index in [1.165, 1.54) is 0 Å². The largest absolute Gasteiger partial charge is 0.508 e. The number of ether oxygens (including phenoxy) is 1. The molecule has 30 heavy (non-hydrogen) atoms. The average Bonchev–Trinajstić information content (AvgIpc) is 2.75. The van der Waals surface area contributed by atoms with Gasteiger partial charge in [-0.3, -0.25) is 0 Å². The third-order valence-corrected chi connectivity index (χ3v) is 6.16. The van der Waals surface area contributed by atoms with E-state index in [9.17, 15) is 10.2 Å². The molecule has 2 atom stereocenters. The standard InChI is InChI=1S/C26H29NO3/c1-27(2)17-22-11-7-20-15-19(18-8-12-24(30-3)13-9-18)10-14-25(20)26(22,29)21-5-4-6-23(28)16-21/h4-6,8-10,12-16,22,28-29H,7,11,17H2,1-3H3/t22-,26+/m1/s1. The summed E-state index contributed by atoms with van der Waals surface area (Å²) in [6.45, 7) is 0.770. The second-order valence-corrected chi connectivity index (χ2v) is 8.41. The van der Waals surface area contributed by atoms with Gasteiger partial charge in [0.25, 0.3) is 0 Å². The number of nitrogens with zero attached hydrogens (tertiary/aromatic N) is 1. The lowest BCUT2D eigenvalue weighted by atomic mass is 9.67. The monoisotopic (exact) mass is 403 g/mol. The Kier molecular flexibility index (Phi) is 5.54. The fourth-order valence-corrected chi connectivity index (χ4v) is 4.69. The molecule has 156 valence electrons. The minimum atomic E-state index is -1.14. The summed E-state index contributed by atoms with van der Waals surface area (Å²) in [7, 11) is 5.73. The van der Waals surface area contributed by atoms with Gasteiger partial charge in [0.15, 0.2) is 0 Å². The maximum atomic E-state index is 12.1. The lowest BCUT2D eigenvalue weighted by Crippen LogP contribution is -2.45. The summed E-state index contributed by atoms with van der Waals surface area (Å²) >= 11 is 0. The maximum absolute atomic E-state index is 12.1. The van der Waals surface area contributed by atoms with Crippen molar-refractivity contribution in [3.05, 3.63) is 83.4 Å². The molecule has 1 aliphatic rings. The number of aliphatic hydroxyl groups is 1. The number of rotatable bonds is 5. The highest BCUT2D eigenvalue weighted by Gasteiger charge is 2.44. The summed E-state index contributed by atoms with van der Waals surface area (Å²) in [6.07, 6.45) is 1.79.